The van der Waals surface area contributed by atoms with Crippen LogP contribution in [0.1, 0.15) is 38.5 Å². The first-order valence-electron chi connectivity index (χ1n) is 9.39. The molecule has 0 aliphatic carbocycles. The van der Waals surface area contributed by atoms with E-state index in [1.165, 1.54) is 6.26 Å². The van der Waals surface area contributed by atoms with Gasteiger partial charge in [0.15, 0.2) is 5.82 Å². The zero-order chi connectivity index (χ0) is 19.3. The number of unbranched alkanes of at least 4 members (excludes halogenated alkanes) is 5. The van der Waals surface area contributed by atoms with E-state index in [9.17, 15) is 8.42 Å². The highest BCUT2D eigenvalue weighted by Gasteiger charge is 2.11. The highest BCUT2D eigenvalue weighted by Crippen LogP contribution is 2.27. The summed E-state index contributed by atoms with van der Waals surface area (Å²) < 4.78 is 26.7. The van der Waals surface area contributed by atoms with Crippen molar-refractivity contribution in [3.63, 3.8) is 0 Å². The Morgan fingerprint density at radius 2 is 1.78 bits per heavy atom. The molecule has 0 aliphatic heterocycles. The number of pyridine rings is 1. The summed E-state index contributed by atoms with van der Waals surface area (Å²) in [6.07, 6.45) is 9.46. The molecule has 0 saturated carbocycles. The Morgan fingerprint density at radius 3 is 2.56 bits per heavy atom. The van der Waals surface area contributed by atoms with Crippen molar-refractivity contribution >= 4 is 37.8 Å². The fourth-order valence-electron chi connectivity index (χ4n) is 3.35. The molecule has 146 valence electrons. The molecule has 7 nitrogen and oxygen atoms in total. The van der Waals surface area contributed by atoms with Gasteiger partial charge in [0, 0.05) is 18.5 Å². The van der Waals surface area contributed by atoms with Gasteiger partial charge in [0.25, 0.3) is 0 Å². The third-order valence-corrected chi connectivity index (χ3v) is 5.40. The number of nitrogens with one attached hydrogen (secondary N) is 1. The van der Waals surface area contributed by atoms with E-state index < -0.39 is 10.0 Å². The lowest BCUT2D eigenvalue weighted by Crippen LogP contribution is -2.22. The summed E-state index contributed by atoms with van der Waals surface area (Å²) in [5.74, 6) is 0.477. The first-order chi connectivity index (χ1) is 13.0. The summed E-state index contributed by atoms with van der Waals surface area (Å²) in [6, 6.07) is 8.01. The second-order valence-corrected chi connectivity index (χ2v) is 8.77. The molecule has 0 radical (unpaired) electrons. The van der Waals surface area contributed by atoms with E-state index in [1.54, 1.807) is 0 Å². The van der Waals surface area contributed by atoms with Crippen LogP contribution in [0, 0.1) is 0 Å². The summed E-state index contributed by atoms with van der Waals surface area (Å²) in [5.41, 5.74) is 8.79. The average molecular weight is 390 g/mol. The Kier molecular flexibility index (Phi) is 6.28. The molecule has 0 spiro atoms. The fraction of sp³-hybridized carbons (Fsp3) is 0.474. The molecule has 0 fully saturated rings. The molecule has 27 heavy (non-hydrogen) atoms. The van der Waals surface area contributed by atoms with Crippen molar-refractivity contribution < 1.29 is 8.42 Å². The molecular formula is C19H27N5O2S. The number of nitrogen functional groups attached to an aromatic ring is 1. The van der Waals surface area contributed by atoms with E-state index in [2.05, 4.69) is 25.3 Å². The average Bonchev–Trinajstić information content (AvgIpc) is 3.04. The minimum absolute atomic E-state index is 0.477. The molecular weight excluding hydrogens is 362 g/mol. The normalized spacial score (nSPS) is 12.2. The van der Waals surface area contributed by atoms with E-state index in [4.69, 9.17) is 5.73 Å². The van der Waals surface area contributed by atoms with Crippen molar-refractivity contribution in [2.45, 2.75) is 45.1 Å². The number of nitrogens with zero attached hydrogens (tertiary/aromatic N) is 3. The molecule has 8 heteroatoms. The number of imidazole rings is 1. The van der Waals surface area contributed by atoms with E-state index in [0.717, 1.165) is 67.0 Å². The Hall–Kier alpha value is -2.19. The van der Waals surface area contributed by atoms with Gasteiger partial charge in [0.1, 0.15) is 5.52 Å². The Morgan fingerprint density at radius 1 is 1.07 bits per heavy atom. The number of benzene rings is 1. The van der Waals surface area contributed by atoms with Gasteiger partial charge in [-0.1, -0.05) is 43.9 Å². The molecule has 0 unspecified atom stereocenters. The van der Waals surface area contributed by atoms with E-state index in [-0.39, 0.29) is 0 Å². The quantitative estimate of drug-likeness (QED) is 0.519. The molecule has 3 aromatic rings. The largest absolute Gasteiger partial charge is 0.382 e. The van der Waals surface area contributed by atoms with E-state index >= 15 is 0 Å². The standard InChI is InChI=1S/C19H27N5O2S/c1-27(25,26)22-12-8-4-2-3-5-9-13-24-14-21-17-18(24)15-10-6-7-11-16(15)23-19(17)20/h6-7,10-11,14,22H,2-5,8-9,12-13H2,1H3,(H2,20,23). The monoisotopic (exact) mass is 389 g/mol. The number of aryl methyl sites for hydroxylation is 1. The van der Waals surface area contributed by atoms with Gasteiger partial charge in [-0.25, -0.2) is 23.1 Å². The number of anilines is 1. The lowest BCUT2D eigenvalue weighted by Gasteiger charge is -2.08. The molecule has 2 aromatic heterocycles. The molecule has 0 atom stereocenters. The van der Waals surface area contributed by atoms with Gasteiger partial charge >= 0.3 is 0 Å². The zero-order valence-corrected chi connectivity index (χ0v) is 16.5. The van der Waals surface area contributed by atoms with Gasteiger partial charge in [0.05, 0.1) is 23.6 Å². The van der Waals surface area contributed by atoms with Gasteiger partial charge < -0.3 is 10.3 Å². The van der Waals surface area contributed by atoms with Gasteiger partial charge in [-0.15, -0.1) is 0 Å². The van der Waals surface area contributed by atoms with Crippen molar-refractivity contribution in [2.75, 3.05) is 18.5 Å². The Labute approximate surface area is 160 Å². The summed E-state index contributed by atoms with van der Waals surface area (Å²) in [7, 11) is -3.06. The van der Waals surface area contributed by atoms with Gasteiger partial charge in [-0.2, -0.15) is 0 Å². The van der Waals surface area contributed by atoms with Crippen LogP contribution in [0.3, 0.4) is 0 Å². The maximum atomic E-state index is 11.0. The number of rotatable bonds is 10. The lowest BCUT2D eigenvalue weighted by molar-refractivity contribution is 0.550. The third-order valence-electron chi connectivity index (χ3n) is 4.67. The number of hydrogen-bond acceptors (Lipinski definition) is 5. The second-order valence-electron chi connectivity index (χ2n) is 6.94. The lowest BCUT2D eigenvalue weighted by atomic mass is 10.1. The van der Waals surface area contributed by atoms with Crippen LogP contribution in [0.25, 0.3) is 21.9 Å². The van der Waals surface area contributed by atoms with Crippen LogP contribution in [0.2, 0.25) is 0 Å². The molecule has 2 heterocycles. The summed E-state index contributed by atoms with van der Waals surface area (Å²) >= 11 is 0. The maximum absolute atomic E-state index is 11.0. The summed E-state index contributed by atoms with van der Waals surface area (Å²) in [5, 5.41) is 1.08. The van der Waals surface area contributed by atoms with Crippen LogP contribution in [0.4, 0.5) is 5.82 Å². The number of fused-ring (bicyclic) bond motifs is 3. The minimum Gasteiger partial charge on any atom is -0.382 e. The molecule has 3 rings (SSSR count). The van der Waals surface area contributed by atoms with Gasteiger partial charge in [-0.3, -0.25) is 0 Å². The zero-order valence-electron chi connectivity index (χ0n) is 15.7. The Balaban J connectivity index is 1.49. The number of sulfonamides is 1. The van der Waals surface area contributed by atoms with Crippen LogP contribution in [-0.4, -0.2) is 35.8 Å². The van der Waals surface area contributed by atoms with Crippen LogP contribution < -0.4 is 10.5 Å². The molecule has 1 aromatic carbocycles. The number of aromatic nitrogens is 3. The van der Waals surface area contributed by atoms with Crippen molar-refractivity contribution in [3.8, 4) is 0 Å². The van der Waals surface area contributed by atoms with Crippen molar-refractivity contribution in [1.29, 1.82) is 0 Å². The predicted molar refractivity (Wildman–Crippen MR) is 110 cm³/mol. The molecule has 0 aliphatic rings. The summed E-state index contributed by atoms with van der Waals surface area (Å²) in [6.45, 7) is 1.43. The first-order valence-corrected chi connectivity index (χ1v) is 11.3. The third kappa shape index (κ3) is 5.17. The van der Waals surface area contributed by atoms with Gasteiger partial charge in [0.2, 0.25) is 10.0 Å². The molecule has 0 amide bonds. The first kappa shape index (κ1) is 19.6. The number of hydrogen-bond donors (Lipinski definition) is 2. The minimum atomic E-state index is -3.06. The second kappa shape index (κ2) is 8.67. The van der Waals surface area contributed by atoms with Crippen LogP contribution in [0.5, 0.6) is 0 Å². The maximum Gasteiger partial charge on any atom is 0.208 e. The predicted octanol–water partition coefficient (Wildman–Crippen LogP) is 3.06. The topological polar surface area (TPSA) is 103 Å². The van der Waals surface area contributed by atoms with Crippen LogP contribution in [-0.2, 0) is 16.6 Å². The van der Waals surface area contributed by atoms with Crippen molar-refractivity contribution in [1.82, 2.24) is 19.3 Å². The number of para-hydroxylation sites is 1. The van der Waals surface area contributed by atoms with E-state index in [1.807, 2.05) is 24.5 Å². The highest BCUT2D eigenvalue weighted by molar-refractivity contribution is 7.88. The highest BCUT2D eigenvalue weighted by atomic mass is 32.2. The molecule has 0 saturated heterocycles. The molecule has 0 bridgehead atoms. The van der Waals surface area contributed by atoms with Gasteiger partial charge in [-0.05, 0) is 18.9 Å². The fourth-order valence-corrected chi connectivity index (χ4v) is 3.86. The Bertz CT molecular complexity index is 1010. The van der Waals surface area contributed by atoms with Crippen LogP contribution in [0.15, 0.2) is 30.6 Å². The van der Waals surface area contributed by atoms with Crippen molar-refractivity contribution in [3.05, 3.63) is 30.6 Å². The number of nitrogens with two attached hydrogens (primary N) is 1. The SMILES string of the molecule is CS(=O)(=O)NCCCCCCCCn1cnc2c(N)nc3ccccc3c21. The van der Waals surface area contributed by atoms with Crippen molar-refractivity contribution in [2.24, 2.45) is 0 Å². The van der Waals surface area contributed by atoms with Crippen LogP contribution >= 0.6 is 0 Å². The molecule has 3 N–H and O–H groups in total. The smallest absolute Gasteiger partial charge is 0.208 e. The summed E-state index contributed by atoms with van der Waals surface area (Å²) in [4.78, 5) is 8.89. The van der Waals surface area contributed by atoms with E-state index in [0.29, 0.717) is 12.4 Å².